The molecule has 158 valence electrons. The van der Waals surface area contributed by atoms with Gasteiger partial charge >= 0.3 is 0 Å². The number of ether oxygens (including phenoxy) is 1. The Bertz CT molecular complexity index is 993. The van der Waals surface area contributed by atoms with Crippen LogP contribution in [0.25, 0.3) is 0 Å². The summed E-state index contributed by atoms with van der Waals surface area (Å²) in [6, 6.07) is 12.0. The molecule has 0 bridgehead atoms. The third kappa shape index (κ3) is 5.35. The molecular formula is C24H26Cl2N2O2. The summed E-state index contributed by atoms with van der Waals surface area (Å²) in [5.41, 5.74) is 0.800. The number of carbonyl (C=O) groups excluding carboxylic acids is 1. The van der Waals surface area contributed by atoms with Crippen molar-refractivity contribution in [1.82, 2.24) is 5.32 Å². The molecule has 0 atom stereocenters. The summed E-state index contributed by atoms with van der Waals surface area (Å²) in [4.78, 5) is 12.9. The first-order valence-electron chi connectivity index (χ1n) is 9.98. The van der Waals surface area contributed by atoms with Gasteiger partial charge in [-0.2, -0.15) is 5.26 Å². The molecule has 3 rings (SSSR count). The van der Waals surface area contributed by atoms with Crippen LogP contribution in [0.1, 0.15) is 62.9 Å². The maximum absolute atomic E-state index is 12.9. The van der Waals surface area contributed by atoms with Crippen LogP contribution in [0.3, 0.4) is 0 Å². The third-order valence-electron chi connectivity index (χ3n) is 5.31. The van der Waals surface area contributed by atoms with Gasteiger partial charge in [0.1, 0.15) is 23.1 Å². The molecule has 30 heavy (non-hydrogen) atoms. The van der Waals surface area contributed by atoms with Gasteiger partial charge in [-0.3, -0.25) is 4.79 Å². The average Bonchev–Trinajstić information content (AvgIpc) is 2.60. The standard InChI is InChI=1S/C24H26Cl2N2O2/c1-23(2)12-15(13-24(3,4)28-23)10-20(29)16-8-9-22(19(26)11-16)30-21-7-5-6-18(25)17(21)14-27/h5-9,11,15,28H,10,12-13H2,1-4H3. The molecule has 0 unspecified atom stereocenters. The van der Waals surface area contributed by atoms with E-state index in [1.807, 2.05) is 6.07 Å². The Balaban J connectivity index is 1.75. The second kappa shape index (κ2) is 8.59. The van der Waals surface area contributed by atoms with Gasteiger partial charge in [0.05, 0.1) is 10.0 Å². The lowest BCUT2D eigenvalue weighted by atomic mass is 9.74. The highest BCUT2D eigenvalue weighted by Crippen LogP contribution is 2.37. The van der Waals surface area contributed by atoms with Crippen molar-refractivity contribution in [3.63, 3.8) is 0 Å². The van der Waals surface area contributed by atoms with E-state index in [9.17, 15) is 10.1 Å². The number of halogens is 2. The number of nitriles is 1. The van der Waals surface area contributed by atoms with Gasteiger partial charge in [-0.15, -0.1) is 0 Å². The van der Waals surface area contributed by atoms with E-state index < -0.39 is 0 Å². The molecule has 0 aliphatic carbocycles. The highest BCUT2D eigenvalue weighted by atomic mass is 35.5. The Morgan fingerprint density at radius 3 is 2.37 bits per heavy atom. The fourth-order valence-electron chi connectivity index (χ4n) is 4.63. The zero-order valence-corrected chi connectivity index (χ0v) is 19.2. The lowest BCUT2D eigenvalue weighted by Crippen LogP contribution is -2.57. The number of hydrogen-bond donors (Lipinski definition) is 1. The number of piperidine rings is 1. The number of nitrogens with zero attached hydrogens (tertiary/aromatic N) is 1. The van der Waals surface area contributed by atoms with E-state index in [4.69, 9.17) is 27.9 Å². The molecule has 2 aromatic rings. The predicted octanol–water partition coefficient (Wildman–Crippen LogP) is 6.79. The summed E-state index contributed by atoms with van der Waals surface area (Å²) in [6.07, 6.45) is 2.38. The number of Topliss-reactive ketones (excluding diaryl/α,β-unsaturated/α-hetero) is 1. The monoisotopic (exact) mass is 444 g/mol. The number of rotatable bonds is 5. The number of carbonyl (C=O) groups is 1. The van der Waals surface area contributed by atoms with Crippen molar-refractivity contribution in [3.05, 3.63) is 57.6 Å². The molecule has 0 amide bonds. The first-order chi connectivity index (χ1) is 14.0. The smallest absolute Gasteiger partial charge is 0.163 e. The molecule has 1 N–H and O–H groups in total. The minimum atomic E-state index is -0.00253. The molecule has 2 aromatic carbocycles. The van der Waals surface area contributed by atoms with Gasteiger partial charge < -0.3 is 10.1 Å². The van der Waals surface area contributed by atoms with Crippen LogP contribution in [-0.4, -0.2) is 16.9 Å². The first-order valence-corrected chi connectivity index (χ1v) is 10.7. The van der Waals surface area contributed by atoms with Gasteiger partial charge in [-0.25, -0.2) is 0 Å². The van der Waals surface area contributed by atoms with Crippen molar-refractivity contribution < 1.29 is 9.53 Å². The zero-order valence-electron chi connectivity index (χ0n) is 17.7. The molecule has 1 saturated heterocycles. The summed E-state index contributed by atoms with van der Waals surface area (Å²) in [5.74, 6) is 1.08. The zero-order chi connectivity index (χ0) is 22.1. The molecule has 4 nitrogen and oxygen atoms in total. The van der Waals surface area contributed by atoms with Gasteiger partial charge in [0.15, 0.2) is 5.78 Å². The topological polar surface area (TPSA) is 62.1 Å². The first kappa shape index (κ1) is 22.6. The third-order valence-corrected chi connectivity index (χ3v) is 5.92. The highest BCUT2D eigenvalue weighted by Gasteiger charge is 2.38. The van der Waals surface area contributed by atoms with Gasteiger partial charge in [0.2, 0.25) is 0 Å². The molecular weight excluding hydrogens is 419 g/mol. The number of benzene rings is 2. The van der Waals surface area contributed by atoms with Gasteiger partial charge in [0.25, 0.3) is 0 Å². The van der Waals surface area contributed by atoms with Crippen molar-refractivity contribution in [3.8, 4) is 17.6 Å². The van der Waals surface area contributed by atoms with Crippen molar-refractivity contribution in [2.45, 2.75) is 58.0 Å². The van der Waals surface area contributed by atoms with Crippen LogP contribution in [0.15, 0.2) is 36.4 Å². The number of ketones is 1. The van der Waals surface area contributed by atoms with E-state index in [0.29, 0.717) is 39.4 Å². The maximum atomic E-state index is 12.9. The van der Waals surface area contributed by atoms with E-state index >= 15 is 0 Å². The van der Waals surface area contributed by atoms with Crippen LogP contribution in [-0.2, 0) is 0 Å². The largest absolute Gasteiger partial charge is 0.454 e. The molecule has 0 saturated carbocycles. The van der Waals surface area contributed by atoms with E-state index in [1.165, 1.54) is 0 Å². The average molecular weight is 445 g/mol. The molecule has 0 radical (unpaired) electrons. The van der Waals surface area contributed by atoms with Gasteiger partial charge in [-0.1, -0.05) is 29.3 Å². The van der Waals surface area contributed by atoms with Crippen LogP contribution in [0.2, 0.25) is 10.0 Å². The van der Waals surface area contributed by atoms with Crippen molar-refractivity contribution in [1.29, 1.82) is 5.26 Å². The minimum absolute atomic E-state index is 0.00253. The van der Waals surface area contributed by atoms with E-state index in [0.717, 1.165) is 12.8 Å². The SMILES string of the molecule is CC1(C)CC(CC(=O)c2ccc(Oc3cccc(Cl)c3C#N)c(Cl)c2)CC(C)(C)N1. The highest BCUT2D eigenvalue weighted by molar-refractivity contribution is 6.32. The second-order valence-corrected chi connectivity index (χ2v) is 10.1. The number of nitrogens with one attached hydrogen (secondary N) is 1. The van der Waals surface area contributed by atoms with E-state index in [2.05, 4.69) is 33.0 Å². The summed E-state index contributed by atoms with van der Waals surface area (Å²) in [7, 11) is 0. The van der Waals surface area contributed by atoms with Crippen molar-refractivity contribution in [2.75, 3.05) is 0 Å². The summed E-state index contributed by atoms with van der Waals surface area (Å²) in [5, 5.41) is 13.6. The molecule has 1 aliphatic heterocycles. The summed E-state index contributed by atoms with van der Waals surface area (Å²) >= 11 is 12.4. The Labute approximate surface area is 188 Å². The molecule has 0 spiro atoms. The molecule has 1 aliphatic rings. The lowest BCUT2D eigenvalue weighted by Gasteiger charge is -2.46. The van der Waals surface area contributed by atoms with Crippen LogP contribution in [0.5, 0.6) is 11.5 Å². The second-order valence-electron chi connectivity index (χ2n) is 9.27. The fourth-order valence-corrected chi connectivity index (χ4v) is 5.06. The summed E-state index contributed by atoms with van der Waals surface area (Å²) in [6.45, 7) is 8.72. The van der Waals surface area contributed by atoms with Crippen LogP contribution >= 0.6 is 23.2 Å². The Hall–Kier alpha value is -2.06. The molecule has 1 heterocycles. The molecule has 0 aromatic heterocycles. The normalized spacial score (nSPS) is 17.9. The quantitative estimate of drug-likeness (QED) is 0.515. The van der Waals surface area contributed by atoms with E-state index in [1.54, 1.807) is 36.4 Å². The molecule has 6 heteroatoms. The Kier molecular flexibility index (Phi) is 6.48. The predicted molar refractivity (Wildman–Crippen MR) is 121 cm³/mol. The lowest BCUT2D eigenvalue weighted by molar-refractivity contribution is 0.0864. The van der Waals surface area contributed by atoms with Crippen LogP contribution in [0, 0.1) is 17.2 Å². The molecule has 1 fully saturated rings. The van der Waals surface area contributed by atoms with Gasteiger partial charge in [-0.05, 0) is 76.8 Å². The Morgan fingerprint density at radius 1 is 1.10 bits per heavy atom. The fraction of sp³-hybridized carbons (Fsp3) is 0.417. The van der Waals surface area contributed by atoms with Crippen LogP contribution in [0.4, 0.5) is 0 Å². The van der Waals surface area contributed by atoms with Gasteiger partial charge in [0, 0.05) is 23.1 Å². The Morgan fingerprint density at radius 2 is 1.77 bits per heavy atom. The number of hydrogen-bond acceptors (Lipinski definition) is 4. The van der Waals surface area contributed by atoms with Crippen LogP contribution < -0.4 is 10.1 Å². The van der Waals surface area contributed by atoms with E-state index in [-0.39, 0.29) is 22.4 Å². The maximum Gasteiger partial charge on any atom is 0.163 e. The minimum Gasteiger partial charge on any atom is -0.454 e. The van der Waals surface area contributed by atoms with Crippen molar-refractivity contribution >= 4 is 29.0 Å². The summed E-state index contributed by atoms with van der Waals surface area (Å²) < 4.78 is 5.79. The van der Waals surface area contributed by atoms with Crippen molar-refractivity contribution in [2.24, 2.45) is 5.92 Å².